The molecule has 0 amide bonds. The van der Waals surface area contributed by atoms with Crippen LogP contribution in [0.25, 0.3) is 11.2 Å². The lowest BCUT2D eigenvalue weighted by Crippen LogP contribution is -1.92. The van der Waals surface area contributed by atoms with Gasteiger partial charge in [0.05, 0.1) is 0 Å². The van der Waals surface area contributed by atoms with Crippen molar-refractivity contribution in [1.29, 1.82) is 0 Å². The van der Waals surface area contributed by atoms with Gasteiger partial charge >= 0.3 is 0 Å². The highest BCUT2D eigenvalue weighted by molar-refractivity contribution is 5.80. The number of nitrogen functional groups attached to an aromatic ring is 1. The molecule has 102 valence electrons. The van der Waals surface area contributed by atoms with Crippen molar-refractivity contribution in [2.75, 3.05) is 5.73 Å². The number of aromatic nitrogens is 4. The highest BCUT2D eigenvalue weighted by atomic mass is 15.0. The Hall–Kier alpha value is -2.43. The van der Waals surface area contributed by atoms with E-state index in [0.29, 0.717) is 11.5 Å². The summed E-state index contributed by atoms with van der Waals surface area (Å²) in [5, 5.41) is 0. The number of nitrogens with one attached hydrogen (secondary N) is 1. The Morgan fingerprint density at radius 2 is 1.80 bits per heavy atom. The number of imidazole rings is 1. The molecule has 5 heteroatoms. The highest BCUT2D eigenvalue weighted by Gasteiger charge is 2.06. The summed E-state index contributed by atoms with van der Waals surface area (Å²) in [6, 6.07) is 10.5. The number of nitrogens with zero attached hydrogens (tertiary/aromatic N) is 3. The first-order valence-electron chi connectivity index (χ1n) is 6.82. The zero-order valence-electron chi connectivity index (χ0n) is 11.2. The second-order valence-corrected chi connectivity index (χ2v) is 4.83. The number of unbranched alkanes of at least 4 members (excludes halogenated alkanes) is 1. The van der Waals surface area contributed by atoms with Crippen molar-refractivity contribution in [3.63, 3.8) is 0 Å². The van der Waals surface area contributed by atoms with Crippen LogP contribution in [0.15, 0.2) is 36.7 Å². The van der Waals surface area contributed by atoms with E-state index >= 15 is 0 Å². The Morgan fingerprint density at radius 3 is 2.60 bits per heavy atom. The fourth-order valence-electron chi connectivity index (χ4n) is 2.28. The van der Waals surface area contributed by atoms with Gasteiger partial charge in [0.15, 0.2) is 11.5 Å². The molecule has 0 atom stereocenters. The maximum absolute atomic E-state index is 5.78. The van der Waals surface area contributed by atoms with Crippen LogP contribution in [0.5, 0.6) is 0 Å². The van der Waals surface area contributed by atoms with Gasteiger partial charge in [-0.25, -0.2) is 15.0 Å². The van der Waals surface area contributed by atoms with Crippen molar-refractivity contribution in [2.45, 2.75) is 25.7 Å². The molecule has 20 heavy (non-hydrogen) atoms. The molecule has 0 bridgehead atoms. The molecule has 0 fully saturated rings. The zero-order valence-corrected chi connectivity index (χ0v) is 11.2. The molecule has 3 N–H and O–H groups in total. The Labute approximate surface area is 117 Å². The largest absolute Gasteiger partial charge is 0.382 e. The van der Waals surface area contributed by atoms with Crippen LogP contribution in [-0.2, 0) is 12.8 Å². The average molecular weight is 267 g/mol. The average Bonchev–Trinajstić information content (AvgIpc) is 2.89. The minimum Gasteiger partial charge on any atom is -0.382 e. The van der Waals surface area contributed by atoms with Gasteiger partial charge in [-0.1, -0.05) is 30.3 Å². The topological polar surface area (TPSA) is 80.5 Å². The van der Waals surface area contributed by atoms with Gasteiger partial charge in [0, 0.05) is 6.42 Å². The lowest BCUT2D eigenvalue weighted by molar-refractivity contribution is 0.714. The minimum atomic E-state index is 0.457. The van der Waals surface area contributed by atoms with E-state index in [-0.39, 0.29) is 0 Å². The second-order valence-electron chi connectivity index (χ2n) is 4.83. The molecule has 0 aliphatic rings. The van der Waals surface area contributed by atoms with E-state index in [1.54, 1.807) is 0 Å². The van der Waals surface area contributed by atoms with E-state index in [4.69, 9.17) is 5.73 Å². The molecular formula is C15H17N5. The van der Waals surface area contributed by atoms with Crippen LogP contribution in [0, 0.1) is 0 Å². The summed E-state index contributed by atoms with van der Waals surface area (Å²) in [7, 11) is 0. The quantitative estimate of drug-likeness (QED) is 0.696. The van der Waals surface area contributed by atoms with Gasteiger partial charge in [-0.05, 0) is 24.8 Å². The Balaban J connectivity index is 1.56. The van der Waals surface area contributed by atoms with Gasteiger partial charge in [0.2, 0.25) is 0 Å². The Bertz CT molecular complexity index is 690. The van der Waals surface area contributed by atoms with Crippen LogP contribution < -0.4 is 5.73 Å². The summed E-state index contributed by atoms with van der Waals surface area (Å²) in [4.78, 5) is 15.7. The zero-order chi connectivity index (χ0) is 13.8. The van der Waals surface area contributed by atoms with Crippen molar-refractivity contribution in [3.8, 4) is 0 Å². The number of H-pyrrole nitrogens is 1. The SMILES string of the molecule is Nc1ncnc2nc(CCCCc3ccccc3)[nH]c12. The predicted molar refractivity (Wildman–Crippen MR) is 79.2 cm³/mol. The number of aromatic amines is 1. The second kappa shape index (κ2) is 5.69. The van der Waals surface area contributed by atoms with E-state index < -0.39 is 0 Å². The molecule has 3 rings (SSSR count). The molecular weight excluding hydrogens is 250 g/mol. The molecule has 0 aliphatic carbocycles. The smallest absolute Gasteiger partial charge is 0.183 e. The molecule has 0 saturated heterocycles. The summed E-state index contributed by atoms with van der Waals surface area (Å²) in [6.45, 7) is 0. The van der Waals surface area contributed by atoms with Crippen LogP contribution in [0.3, 0.4) is 0 Å². The van der Waals surface area contributed by atoms with Gasteiger partial charge in [0.1, 0.15) is 17.7 Å². The van der Waals surface area contributed by atoms with Crippen LogP contribution in [0.2, 0.25) is 0 Å². The fourth-order valence-corrected chi connectivity index (χ4v) is 2.28. The summed E-state index contributed by atoms with van der Waals surface area (Å²) in [5.74, 6) is 1.39. The fraction of sp³-hybridized carbons (Fsp3) is 0.267. The first-order valence-corrected chi connectivity index (χ1v) is 6.82. The predicted octanol–water partition coefficient (Wildman–Crippen LogP) is 2.50. The van der Waals surface area contributed by atoms with Gasteiger partial charge in [-0.15, -0.1) is 0 Å². The van der Waals surface area contributed by atoms with Crippen molar-refractivity contribution >= 4 is 17.0 Å². The van der Waals surface area contributed by atoms with Crippen LogP contribution >= 0.6 is 0 Å². The van der Waals surface area contributed by atoms with E-state index in [0.717, 1.165) is 37.0 Å². The molecule has 0 spiro atoms. The van der Waals surface area contributed by atoms with E-state index in [1.165, 1.54) is 11.9 Å². The van der Waals surface area contributed by atoms with E-state index in [1.807, 2.05) is 6.07 Å². The third-order valence-corrected chi connectivity index (χ3v) is 3.34. The van der Waals surface area contributed by atoms with E-state index in [9.17, 15) is 0 Å². The minimum absolute atomic E-state index is 0.457. The third kappa shape index (κ3) is 2.77. The van der Waals surface area contributed by atoms with Crippen LogP contribution in [0.4, 0.5) is 5.82 Å². The molecule has 2 heterocycles. The molecule has 1 aromatic carbocycles. The lowest BCUT2D eigenvalue weighted by Gasteiger charge is -2.00. The number of anilines is 1. The first-order chi connectivity index (χ1) is 9.83. The maximum atomic E-state index is 5.78. The molecule has 3 aromatic rings. The third-order valence-electron chi connectivity index (χ3n) is 3.34. The number of aryl methyl sites for hydroxylation is 2. The number of benzene rings is 1. The molecule has 0 unspecified atom stereocenters. The summed E-state index contributed by atoms with van der Waals surface area (Å²) in [6.07, 6.45) is 5.67. The van der Waals surface area contributed by atoms with Gasteiger partial charge < -0.3 is 10.7 Å². The number of hydrogen-bond acceptors (Lipinski definition) is 4. The molecule has 0 saturated carbocycles. The Kier molecular flexibility index (Phi) is 3.58. The molecule has 0 radical (unpaired) electrons. The lowest BCUT2D eigenvalue weighted by atomic mass is 10.1. The number of hydrogen-bond donors (Lipinski definition) is 2. The van der Waals surface area contributed by atoms with Crippen molar-refractivity contribution in [1.82, 2.24) is 19.9 Å². The van der Waals surface area contributed by atoms with Crippen molar-refractivity contribution in [2.24, 2.45) is 0 Å². The number of nitrogens with two attached hydrogens (primary N) is 1. The summed E-state index contributed by atoms with van der Waals surface area (Å²) >= 11 is 0. The number of rotatable bonds is 5. The van der Waals surface area contributed by atoms with Crippen molar-refractivity contribution < 1.29 is 0 Å². The summed E-state index contributed by atoms with van der Waals surface area (Å²) < 4.78 is 0. The summed E-state index contributed by atoms with van der Waals surface area (Å²) in [5.41, 5.74) is 8.55. The van der Waals surface area contributed by atoms with Crippen molar-refractivity contribution in [3.05, 3.63) is 48.0 Å². The van der Waals surface area contributed by atoms with Gasteiger partial charge in [0.25, 0.3) is 0 Å². The van der Waals surface area contributed by atoms with Gasteiger partial charge in [-0.3, -0.25) is 0 Å². The maximum Gasteiger partial charge on any atom is 0.183 e. The highest BCUT2D eigenvalue weighted by Crippen LogP contribution is 2.15. The molecule has 0 aliphatic heterocycles. The molecule has 2 aromatic heterocycles. The van der Waals surface area contributed by atoms with Crippen LogP contribution in [-0.4, -0.2) is 19.9 Å². The monoisotopic (exact) mass is 267 g/mol. The Morgan fingerprint density at radius 1 is 1.00 bits per heavy atom. The first kappa shape index (κ1) is 12.6. The standard InChI is InChI=1S/C15H17N5/c16-14-13-15(18-10-17-14)20-12(19-13)9-5-4-8-11-6-2-1-3-7-11/h1-3,6-7,10H,4-5,8-9H2,(H3,16,17,18,19,20). The normalized spacial score (nSPS) is 11.0. The van der Waals surface area contributed by atoms with Gasteiger partial charge in [-0.2, -0.15) is 0 Å². The number of fused-ring (bicyclic) bond motifs is 1. The molecule has 5 nitrogen and oxygen atoms in total. The van der Waals surface area contributed by atoms with E-state index in [2.05, 4.69) is 44.2 Å². The van der Waals surface area contributed by atoms with Crippen LogP contribution in [0.1, 0.15) is 24.2 Å².